The smallest absolute Gasteiger partial charge is 0.267 e. The van der Waals surface area contributed by atoms with E-state index in [9.17, 15) is 4.79 Å². The average molecular weight is 338 g/mol. The fraction of sp³-hybridized carbons (Fsp3) is 0. The first-order chi connectivity index (χ1) is 9.16. The summed E-state index contributed by atoms with van der Waals surface area (Å²) in [5.74, 6) is -0.272. The molecule has 2 rings (SSSR count). The number of carbonyl (C=O) groups is 1. The Morgan fingerprint density at radius 1 is 1.21 bits per heavy atom. The van der Waals surface area contributed by atoms with E-state index in [1.807, 2.05) is 18.2 Å². The van der Waals surface area contributed by atoms with Crippen LogP contribution in [-0.2, 0) is 0 Å². The maximum atomic E-state index is 11.8. The SMILES string of the molecule is O=C(N/N=C\c1cccc(Cl)c1)c1ccccc1Br. The lowest BCUT2D eigenvalue weighted by molar-refractivity contribution is 0.0954. The van der Waals surface area contributed by atoms with Crippen molar-refractivity contribution in [3.05, 3.63) is 69.2 Å². The van der Waals surface area contributed by atoms with Crippen molar-refractivity contribution in [1.82, 2.24) is 5.43 Å². The largest absolute Gasteiger partial charge is 0.272 e. The summed E-state index contributed by atoms with van der Waals surface area (Å²) in [6, 6.07) is 14.4. The van der Waals surface area contributed by atoms with Gasteiger partial charge in [-0.25, -0.2) is 5.43 Å². The van der Waals surface area contributed by atoms with Crippen LogP contribution in [0.15, 0.2) is 58.1 Å². The first-order valence-corrected chi connectivity index (χ1v) is 6.67. The highest BCUT2D eigenvalue weighted by molar-refractivity contribution is 9.10. The first kappa shape index (κ1) is 13.8. The summed E-state index contributed by atoms with van der Waals surface area (Å²) >= 11 is 9.16. The minimum atomic E-state index is -0.272. The van der Waals surface area contributed by atoms with Crippen LogP contribution < -0.4 is 5.43 Å². The third-order valence-electron chi connectivity index (χ3n) is 2.35. The third-order valence-corrected chi connectivity index (χ3v) is 3.27. The lowest BCUT2D eigenvalue weighted by atomic mass is 10.2. The number of nitrogens with one attached hydrogen (secondary N) is 1. The van der Waals surface area contributed by atoms with Gasteiger partial charge in [-0.15, -0.1) is 0 Å². The van der Waals surface area contributed by atoms with Crippen LogP contribution in [0.4, 0.5) is 0 Å². The molecule has 0 aliphatic rings. The van der Waals surface area contributed by atoms with Gasteiger partial charge in [0.1, 0.15) is 0 Å². The summed E-state index contributed by atoms with van der Waals surface area (Å²) in [5.41, 5.74) is 3.82. The lowest BCUT2D eigenvalue weighted by Crippen LogP contribution is -2.18. The number of amides is 1. The van der Waals surface area contributed by atoms with Gasteiger partial charge in [0.05, 0.1) is 11.8 Å². The molecule has 0 aliphatic heterocycles. The molecule has 5 heteroatoms. The van der Waals surface area contributed by atoms with Crippen molar-refractivity contribution in [2.24, 2.45) is 5.10 Å². The topological polar surface area (TPSA) is 41.5 Å². The van der Waals surface area contributed by atoms with E-state index in [2.05, 4.69) is 26.5 Å². The Labute approximate surface area is 124 Å². The van der Waals surface area contributed by atoms with E-state index < -0.39 is 0 Å². The van der Waals surface area contributed by atoms with Gasteiger partial charge in [0.15, 0.2) is 0 Å². The van der Waals surface area contributed by atoms with Crippen molar-refractivity contribution in [2.45, 2.75) is 0 Å². The van der Waals surface area contributed by atoms with Crippen molar-refractivity contribution in [2.75, 3.05) is 0 Å². The second-order valence-electron chi connectivity index (χ2n) is 3.73. The minimum absolute atomic E-state index is 0.272. The van der Waals surface area contributed by atoms with Crippen LogP contribution in [-0.4, -0.2) is 12.1 Å². The third kappa shape index (κ3) is 3.91. The summed E-state index contributed by atoms with van der Waals surface area (Å²) in [7, 11) is 0. The molecule has 0 saturated carbocycles. The monoisotopic (exact) mass is 336 g/mol. The van der Waals surface area contributed by atoms with Gasteiger partial charge in [0, 0.05) is 9.50 Å². The maximum absolute atomic E-state index is 11.8. The quantitative estimate of drug-likeness (QED) is 0.670. The molecule has 0 atom stereocenters. The Morgan fingerprint density at radius 3 is 2.74 bits per heavy atom. The Kier molecular flexibility index (Phi) is 4.71. The van der Waals surface area contributed by atoms with Gasteiger partial charge in [-0.2, -0.15) is 5.10 Å². The molecule has 0 aromatic heterocycles. The van der Waals surface area contributed by atoms with Gasteiger partial charge in [0.2, 0.25) is 0 Å². The predicted molar refractivity (Wildman–Crippen MR) is 80.7 cm³/mol. The lowest BCUT2D eigenvalue weighted by Gasteiger charge is -2.01. The molecule has 0 radical (unpaired) electrons. The predicted octanol–water partition coefficient (Wildman–Crippen LogP) is 3.87. The highest BCUT2D eigenvalue weighted by Gasteiger charge is 2.07. The summed E-state index contributed by atoms with van der Waals surface area (Å²) in [6.45, 7) is 0. The van der Waals surface area contributed by atoms with E-state index in [-0.39, 0.29) is 5.91 Å². The fourth-order valence-electron chi connectivity index (χ4n) is 1.46. The molecule has 96 valence electrons. The van der Waals surface area contributed by atoms with Crippen LogP contribution in [0.1, 0.15) is 15.9 Å². The molecular weight excluding hydrogens is 328 g/mol. The maximum Gasteiger partial charge on any atom is 0.272 e. The Hall–Kier alpha value is -1.65. The molecule has 2 aromatic rings. The van der Waals surface area contributed by atoms with Crippen LogP contribution in [0.2, 0.25) is 5.02 Å². The number of rotatable bonds is 3. The average Bonchev–Trinajstić information content (AvgIpc) is 2.39. The van der Waals surface area contributed by atoms with Gasteiger partial charge in [0.25, 0.3) is 5.91 Å². The van der Waals surface area contributed by atoms with Gasteiger partial charge in [-0.05, 0) is 45.8 Å². The Balaban J connectivity index is 2.03. The van der Waals surface area contributed by atoms with Crippen molar-refractivity contribution in [1.29, 1.82) is 0 Å². The van der Waals surface area contributed by atoms with Crippen LogP contribution in [0.3, 0.4) is 0 Å². The number of carbonyl (C=O) groups excluding carboxylic acids is 1. The standard InChI is InChI=1S/C14H10BrClN2O/c15-13-7-2-1-6-12(13)14(19)18-17-9-10-4-3-5-11(16)8-10/h1-9H,(H,18,19)/b17-9-. The van der Waals surface area contributed by atoms with Crippen LogP contribution >= 0.6 is 27.5 Å². The molecule has 3 nitrogen and oxygen atoms in total. The van der Waals surface area contributed by atoms with E-state index in [1.54, 1.807) is 36.5 Å². The number of halogens is 2. The molecule has 0 bridgehead atoms. The minimum Gasteiger partial charge on any atom is -0.267 e. The van der Waals surface area contributed by atoms with Crippen molar-refractivity contribution in [3.63, 3.8) is 0 Å². The molecule has 19 heavy (non-hydrogen) atoms. The summed E-state index contributed by atoms with van der Waals surface area (Å²) in [4.78, 5) is 11.8. The summed E-state index contributed by atoms with van der Waals surface area (Å²) in [5, 5.41) is 4.52. The van der Waals surface area contributed by atoms with E-state index in [0.717, 1.165) is 10.0 Å². The van der Waals surface area contributed by atoms with Gasteiger partial charge < -0.3 is 0 Å². The van der Waals surface area contributed by atoms with Crippen molar-refractivity contribution < 1.29 is 4.79 Å². The molecule has 0 heterocycles. The molecule has 1 N–H and O–H groups in total. The zero-order valence-electron chi connectivity index (χ0n) is 9.81. The number of benzene rings is 2. The Morgan fingerprint density at radius 2 is 2.00 bits per heavy atom. The van der Waals surface area contributed by atoms with Crippen LogP contribution in [0.25, 0.3) is 0 Å². The number of hydrogen-bond donors (Lipinski definition) is 1. The molecule has 1 amide bonds. The van der Waals surface area contributed by atoms with Crippen LogP contribution in [0, 0.1) is 0 Å². The fourth-order valence-corrected chi connectivity index (χ4v) is 2.12. The Bertz CT molecular complexity index is 628. The van der Waals surface area contributed by atoms with Gasteiger partial charge in [-0.3, -0.25) is 4.79 Å². The van der Waals surface area contributed by atoms with Crippen molar-refractivity contribution >= 4 is 39.7 Å². The zero-order chi connectivity index (χ0) is 13.7. The second-order valence-corrected chi connectivity index (χ2v) is 5.02. The number of hydrazone groups is 1. The second kappa shape index (κ2) is 6.50. The highest BCUT2D eigenvalue weighted by atomic mass is 79.9. The molecule has 0 spiro atoms. The van der Waals surface area contributed by atoms with E-state index in [0.29, 0.717) is 10.6 Å². The normalized spacial score (nSPS) is 10.6. The molecule has 0 unspecified atom stereocenters. The molecule has 2 aromatic carbocycles. The van der Waals surface area contributed by atoms with E-state index in [4.69, 9.17) is 11.6 Å². The zero-order valence-corrected chi connectivity index (χ0v) is 12.1. The summed E-state index contributed by atoms with van der Waals surface area (Å²) in [6.07, 6.45) is 1.54. The number of hydrogen-bond acceptors (Lipinski definition) is 2. The molecular formula is C14H10BrClN2O. The molecule has 0 saturated heterocycles. The van der Waals surface area contributed by atoms with Crippen LogP contribution in [0.5, 0.6) is 0 Å². The van der Waals surface area contributed by atoms with Gasteiger partial charge >= 0.3 is 0 Å². The molecule has 0 aliphatic carbocycles. The highest BCUT2D eigenvalue weighted by Crippen LogP contribution is 2.15. The molecule has 0 fully saturated rings. The first-order valence-electron chi connectivity index (χ1n) is 5.50. The summed E-state index contributed by atoms with van der Waals surface area (Å²) < 4.78 is 0.727. The van der Waals surface area contributed by atoms with E-state index in [1.165, 1.54) is 0 Å². The van der Waals surface area contributed by atoms with Crippen molar-refractivity contribution in [3.8, 4) is 0 Å². The van der Waals surface area contributed by atoms with Gasteiger partial charge in [-0.1, -0.05) is 35.9 Å². The van der Waals surface area contributed by atoms with E-state index >= 15 is 0 Å². The number of nitrogens with zero attached hydrogens (tertiary/aromatic N) is 1.